The molecule has 1 saturated heterocycles. The van der Waals surface area contributed by atoms with Crippen molar-refractivity contribution in [3.63, 3.8) is 0 Å². The topological polar surface area (TPSA) is 80.1 Å². The molecule has 30 heavy (non-hydrogen) atoms. The van der Waals surface area contributed by atoms with Gasteiger partial charge in [0.25, 0.3) is 0 Å². The Labute approximate surface area is 177 Å². The summed E-state index contributed by atoms with van der Waals surface area (Å²) in [5.41, 5.74) is 3.25. The Morgan fingerprint density at radius 3 is 2.60 bits per heavy atom. The van der Waals surface area contributed by atoms with Crippen LogP contribution in [0.25, 0.3) is 21.9 Å². The van der Waals surface area contributed by atoms with E-state index in [2.05, 4.69) is 40.7 Å². The number of piperidine rings is 1. The molecule has 1 N–H and O–H groups in total. The molecule has 0 amide bonds. The van der Waals surface area contributed by atoms with Crippen molar-refractivity contribution in [1.82, 2.24) is 19.1 Å². The summed E-state index contributed by atoms with van der Waals surface area (Å²) in [5, 5.41) is 10.2. The monoisotopic (exact) mass is 425 g/mol. The zero-order valence-electron chi connectivity index (χ0n) is 17.2. The molecule has 0 bridgehead atoms. The minimum atomic E-state index is -3.08. The highest BCUT2D eigenvalue weighted by atomic mass is 32.2. The molecule has 158 valence electrons. The highest BCUT2D eigenvalue weighted by molar-refractivity contribution is 7.90. The standard InChI is InChI=1S/C22H27N5O2S/c1-2-26-15-18(13-24-26)17-11-16-5-8-23-14-21(16)22(12-17)25-19-6-9-27(10-7-19)30(28,29)20-3-4-20/h5,8,11-15,19-20,25H,2-4,6-7,9-10H2,1H3. The highest BCUT2D eigenvalue weighted by Crippen LogP contribution is 2.34. The molecule has 7 nitrogen and oxygen atoms in total. The average molecular weight is 426 g/mol. The molecule has 2 aromatic heterocycles. The summed E-state index contributed by atoms with van der Waals surface area (Å²) in [7, 11) is -3.08. The van der Waals surface area contributed by atoms with E-state index in [-0.39, 0.29) is 11.3 Å². The molecule has 1 aromatic carbocycles. The summed E-state index contributed by atoms with van der Waals surface area (Å²) in [6, 6.07) is 6.60. The van der Waals surface area contributed by atoms with E-state index in [4.69, 9.17) is 0 Å². The van der Waals surface area contributed by atoms with Crippen LogP contribution < -0.4 is 5.32 Å². The summed E-state index contributed by atoms with van der Waals surface area (Å²) in [6.45, 7) is 4.10. The van der Waals surface area contributed by atoms with Crippen molar-refractivity contribution in [3.8, 4) is 11.1 Å². The first-order valence-corrected chi connectivity index (χ1v) is 12.2. The molecule has 3 aromatic rings. The van der Waals surface area contributed by atoms with Gasteiger partial charge in [-0.3, -0.25) is 9.67 Å². The smallest absolute Gasteiger partial charge is 0.216 e. The van der Waals surface area contributed by atoms with Crippen molar-refractivity contribution < 1.29 is 8.42 Å². The van der Waals surface area contributed by atoms with Crippen molar-refractivity contribution in [2.24, 2.45) is 0 Å². The minimum Gasteiger partial charge on any atom is -0.382 e. The largest absolute Gasteiger partial charge is 0.382 e. The number of rotatable bonds is 6. The van der Waals surface area contributed by atoms with Gasteiger partial charge in [-0.2, -0.15) is 5.10 Å². The number of hydrogen-bond donors (Lipinski definition) is 1. The number of nitrogens with zero attached hydrogens (tertiary/aromatic N) is 4. The van der Waals surface area contributed by atoms with Crippen LogP contribution >= 0.6 is 0 Å². The first-order valence-electron chi connectivity index (χ1n) is 10.7. The Morgan fingerprint density at radius 2 is 1.90 bits per heavy atom. The quantitative estimate of drug-likeness (QED) is 0.654. The second kappa shape index (κ2) is 7.67. The normalized spacial score (nSPS) is 18.7. The van der Waals surface area contributed by atoms with Crippen LogP contribution in [-0.4, -0.2) is 51.9 Å². The SMILES string of the molecule is CCn1cc(-c2cc(NC3CCN(S(=O)(=O)C4CC4)CC3)c3cnccc3c2)cn1. The van der Waals surface area contributed by atoms with Gasteiger partial charge in [-0.25, -0.2) is 12.7 Å². The van der Waals surface area contributed by atoms with E-state index in [0.717, 1.165) is 59.8 Å². The summed E-state index contributed by atoms with van der Waals surface area (Å²) in [5.74, 6) is 0. The number of hydrogen-bond acceptors (Lipinski definition) is 5. The maximum Gasteiger partial charge on any atom is 0.216 e. The lowest BCUT2D eigenvalue weighted by Gasteiger charge is -2.32. The second-order valence-electron chi connectivity index (χ2n) is 8.27. The van der Waals surface area contributed by atoms with Crippen LogP contribution in [-0.2, 0) is 16.6 Å². The van der Waals surface area contributed by atoms with E-state index in [9.17, 15) is 8.42 Å². The molecule has 1 saturated carbocycles. The first-order chi connectivity index (χ1) is 14.5. The summed E-state index contributed by atoms with van der Waals surface area (Å²) in [6.07, 6.45) is 10.9. The van der Waals surface area contributed by atoms with Crippen LogP contribution in [0, 0.1) is 0 Å². The Kier molecular flexibility index (Phi) is 4.99. The molecule has 8 heteroatoms. The van der Waals surface area contributed by atoms with Crippen molar-refractivity contribution >= 4 is 26.5 Å². The lowest BCUT2D eigenvalue weighted by Crippen LogP contribution is -2.43. The van der Waals surface area contributed by atoms with Gasteiger partial charge in [0.05, 0.1) is 11.4 Å². The lowest BCUT2D eigenvalue weighted by atomic mass is 10.0. The molecule has 1 aliphatic heterocycles. The highest BCUT2D eigenvalue weighted by Gasteiger charge is 2.41. The molecular weight excluding hydrogens is 398 g/mol. The van der Waals surface area contributed by atoms with Crippen LogP contribution in [0.5, 0.6) is 0 Å². The third-order valence-corrected chi connectivity index (χ3v) is 8.56. The number of nitrogens with one attached hydrogen (secondary N) is 1. The molecule has 2 aliphatic rings. The van der Waals surface area contributed by atoms with Crippen LogP contribution in [0.2, 0.25) is 0 Å². The molecule has 0 unspecified atom stereocenters. The van der Waals surface area contributed by atoms with E-state index in [0.29, 0.717) is 13.1 Å². The van der Waals surface area contributed by atoms with Gasteiger partial charge in [-0.05, 0) is 61.8 Å². The second-order valence-corrected chi connectivity index (χ2v) is 10.5. The Bertz CT molecular complexity index is 1160. The molecule has 1 aliphatic carbocycles. The van der Waals surface area contributed by atoms with Gasteiger partial charge in [0.2, 0.25) is 10.0 Å². The van der Waals surface area contributed by atoms with E-state index in [1.807, 2.05) is 29.3 Å². The first kappa shape index (κ1) is 19.5. The van der Waals surface area contributed by atoms with E-state index in [1.54, 1.807) is 4.31 Å². The van der Waals surface area contributed by atoms with Gasteiger partial charge < -0.3 is 5.32 Å². The molecule has 5 rings (SSSR count). The summed E-state index contributed by atoms with van der Waals surface area (Å²) < 4.78 is 28.6. The lowest BCUT2D eigenvalue weighted by molar-refractivity contribution is 0.329. The van der Waals surface area contributed by atoms with Gasteiger partial charge in [-0.15, -0.1) is 0 Å². The van der Waals surface area contributed by atoms with Gasteiger partial charge in [0, 0.05) is 60.9 Å². The number of aryl methyl sites for hydroxylation is 1. The van der Waals surface area contributed by atoms with Crippen molar-refractivity contribution in [2.45, 2.75) is 50.4 Å². The van der Waals surface area contributed by atoms with E-state index < -0.39 is 10.0 Å². The summed E-state index contributed by atoms with van der Waals surface area (Å²) >= 11 is 0. The third kappa shape index (κ3) is 3.70. The summed E-state index contributed by atoms with van der Waals surface area (Å²) in [4.78, 5) is 4.31. The Balaban J connectivity index is 1.38. The minimum absolute atomic E-state index is 0.127. The van der Waals surface area contributed by atoms with Gasteiger partial charge in [-0.1, -0.05) is 0 Å². The van der Waals surface area contributed by atoms with Gasteiger partial charge >= 0.3 is 0 Å². The van der Waals surface area contributed by atoms with Gasteiger partial charge in [0.1, 0.15) is 0 Å². The van der Waals surface area contributed by atoms with Gasteiger partial charge in [0.15, 0.2) is 0 Å². The molecule has 0 radical (unpaired) electrons. The van der Waals surface area contributed by atoms with Crippen LogP contribution in [0.3, 0.4) is 0 Å². The number of anilines is 1. The van der Waals surface area contributed by atoms with E-state index >= 15 is 0 Å². The predicted molar refractivity (Wildman–Crippen MR) is 119 cm³/mol. The molecule has 0 atom stereocenters. The number of benzene rings is 1. The molecule has 2 fully saturated rings. The van der Waals surface area contributed by atoms with Crippen LogP contribution in [0.1, 0.15) is 32.6 Å². The average Bonchev–Trinajstić information content (AvgIpc) is 3.52. The number of aromatic nitrogens is 3. The van der Waals surface area contributed by atoms with Crippen LogP contribution in [0.4, 0.5) is 5.69 Å². The number of fused-ring (bicyclic) bond motifs is 1. The maximum atomic E-state index is 12.5. The number of sulfonamides is 1. The fourth-order valence-corrected chi connectivity index (χ4v) is 6.09. The molecular formula is C22H27N5O2S. The number of pyridine rings is 1. The zero-order chi connectivity index (χ0) is 20.7. The predicted octanol–water partition coefficient (Wildman–Crippen LogP) is 3.49. The Hall–Kier alpha value is -2.45. The fourth-order valence-electron chi connectivity index (χ4n) is 4.22. The molecule has 0 spiro atoms. The van der Waals surface area contributed by atoms with E-state index in [1.165, 1.54) is 0 Å². The molecule has 3 heterocycles. The maximum absolute atomic E-state index is 12.5. The zero-order valence-corrected chi connectivity index (χ0v) is 18.0. The third-order valence-electron chi connectivity index (χ3n) is 6.17. The van der Waals surface area contributed by atoms with Crippen LogP contribution in [0.15, 0.2) is 43.0 Å². The van der Waals surface area contributed by atoms with Crippen molar-refractivity contribution in [2.75, 3.05) is 18.4 Å². The van der Waals surface area contributed by atoms with Crippen molar-refractivity contribution in [3.05, 3.63) is 43.0 Å². The fraction of sp³-hybridized carbons (Fsp3) is 0.455. The van der Waals surface area contributed by atoms with Crippen molar-refractivity contribution in [1.29, 1.82) is 0 Å². The Morgan fingerprint density at radius 1 is 1.10 bits per heavy atom.